The number of hydrogen-bond acceptors (Lipinski definition) is 8. The third-order valence-electron chi connectivity index (χ3n) is 5.65. The molecule has 1 saturated heterocycles. The Hall–Kier alpha value is -4.18. The summed E-state index contributed by atoms with van der Waals surface area (Å²) in [6, 6.07) is 16.2. The minimum Gasteiger partial charge on any atom is -0.378 e. The molecule has 4 heterocycles. The molecule has 166 valence electrons. The van der Waals surface area contributed by atoms with Gasteiger partial charge in [0.15, 0.2) is 11.5 Å². The lowest BCUT2D eigenvalue weighted by atomic mass is 10.2. The predicted molar refractivity (Wildman–Crippen MR) is 128 cm³/mol. The Morgan fingerprint density at radius 1 is 0.970 bits per heavy atom. The van der Waals surface area contributed by atoms with Crippen LogP contribution in [0.4, 0.5) is 23.1 Å². The fourth-order valence-corrected chi connectivity index (χ4v) is 3.98. The molecule has 0 unspecified atom stereocenters. The Labute approximate surface area is 189 Å². The molecule has 1 aliphatic heterocycles. The van der Waals surface area contributed by atoms with E-state index < -0.39 is 0 Å². The van der Waals surface area contributed by atoms with Crippen molar-refractivity contribution in [3.8, 4) is 0 Å². The zero-order chi connectivity index (χ0) is 22.0. The van der Waals surface area contributed by atoms with Gasteiger partial charge in [0.2, 0.25) is 5.95 Å². The Morgan fingerprint density at radius 2 is 1.82 bits per heavy atom. The average molecular weight is 441 g/mol. The van der Waals surface area contributed by atoms with Crippen molar-refractivity contribution in [2.75, 3.05) is 41.8 Å². The number of morpholine rings is 1. The van der Waals surface area contributed by atoms with Crippen molar-refractivity contribution in [2.24, 2.45) is 0 Å². The fourth-order valence-electron chi connectivity index (χ4n) is 3.98. The molecule has 0 aliphatic carbocycles. The quantitative estimate of drug-likeness (QED) is 0.316. The number of aromatic nitrogens is 6. The number of anilines is 4. The van der Waals surface area contributed by atoms with Crippen LogP contribution in [0.15, 0.2) is 54.9 Å². The summed E-state index contributed by atoms with van der Waals surface area (Å²) < 4.78 is 5.44. The molecule has 0 atom stereocenters. The van der Waals surface area contributed by atoms with Crippen molar-refractivity contribution < 1.29 is 4.74 Å². The van der Waals surface area contributed by atoms with Crippen molar-refractivity contribution in [3.63, 3.8) is 0 Å². The fraction of sp³-hybridized carbons (Fsp3) is 0.217. The second-order valence-electron chi connectivity index (χ2n) is 7.82. The predicted octanol–water partition coefficient (Wildman–Crippen LogP) is 3.42. The maximum atomic E-state index is 5.44. The monoisotopic (exact) mass is 441 g/mol. The van der Waals surface area contributed by atoms with Gasteiger partial charge in [0.1, 0.15) is 11.3 Å². The number of H-pyrrole nitrogens is 2. The summed E-state index contributed by atoms with van der Waals surface area (Å²) in [6.07, 6.45) is 1.62. The van der Waals surface area contributed by atoms with Gasteiger partial charge in [-0.1, -0.05) is 12.1 Å². The van der Waals surface area contributed by atoms with E-state index in [-0.39, 0.29) is 0 Å². The van der Waals surface area contributed by atoms with Crippen LogP contribution in [0.25, 0.3) is 22.2 Å². The van der Waals surface area contributed by atoms with E-state index in [9.17, 15) is 0 Å². The van der Waals surface area contributed by atoms with Gasteiger partial charge >= 0.3 is 0 Å². The molecule has 0 bridgehead atoms. The van der Waals surface area contributed by atoms with Crippen LogP contribution in [0.5, 0.6) is 0 Å². The summed E-state index contributed by atoms with van der Waals surface area (Å²) in [5, 5.41) is 6.65. The minimum atomic E-state index is 0.473. The molecule has 1 aliphatic rings. The maximum absolute atomic E-state index is 5.44. The van der Waals surface area contributed by atoms with Gasteiger partial charge in [-0.05, 0) is 36.4 Å². The summed E-state index contributed by atoms with van der Waals surface area (Å²) in [5.74, 6) is 1.96. The highest BCUT2D eigenvalue weighted by Gasteiger charge is 2.13. The smallest absolute Gasteiger partial charge is 0.231 e. The molecule has 6 rings (SSSR count). The largest absolute Gasteiger partial charge is 0.378 e. The van der Waals surface area contributed by atoms with E-state index in [2.05, 4.69) is 57.6 Å². The molecule has 1 fully saturated rings. The zero-order valence-corrected chi connectivity index (χ0v) is 17.9. The van der Waals surface area contributed by atoms with Crippen molar-refractivity contribution in [1.29, 1.82) is 0 Å². The summed E-state index contributed by atoms with van der Waals surface area (Å²) >= 11 is 0. The Morgan fingerprint density at radius 3 is 2.67 bits per heavy atom. The van der Waals surface area contributed by atoms with Crippen LogP contribution < -0.4 is 15.5 Å². The molecule has 0 spiro atoms. The molecule has 0 saturated carbocycles. The minimum absolute atomic E-state index is 0.473. The molecule has 0 amide bonds. The number of rotatable bonds is 6. The van der Waals surface area contributed by atoms with Crippen LogP contribution in [0.2, 0.25) is 0 Å². The second kappa shape index (κ2) is 8.40. The van der Waals surface area contributed by atoms with Gasteiger partial charge in [-0.3, -0.25) is 0 Å². The normalized spacial score (nSPS) is 14.1. The first-order chi connectivity index (χ1) is 16.3. The topological polar surface area (TPSA) is 120 Å². The Balaban J connectivity index is 1.21. The zero-order valence-electron chi connectivity index (χ0n) is 17.9. The van der Waals surface area contributed by atoms with E-state index in [1.54, 1.807) is 6.33 Å². The number of fused-ring (bicyclic) bond motifs is 2. The SMILES string of the molecule is c1ccc2[nH]c(CNc3nc(Nc4ccc(N5CCOCC5)cc4)nc4nc[nH]c34)nc2c1. The molecule has 0 radical (unpaired) electrons. The molecule has 4 N–H and O–H groups in total. The van der Waals surface area contributed by atoms with Gasteiger partial charge in [-0.25, -0.2) is 9.97 Å². The molecule has 10 heteroatoms. The Kier molecular flexibility index (Phi) is 4.96. The highest BCUT2D eigenvalue weighted by molar-refractivity contribution is 5.84. The van der Waals surface area contributed by atoms with Crippen LogP contribution in [0.3, 0.4) is 0 Å². The third kappa shape index (κ3) is 4.03. The lowest BCUT2D eigenvalue weighted by Gasteiger charge is -2.28. The van der Waals surface area contributed by atoms with Crippen LogP contribution in [-0.2, 0) is 11.3 Å². The Bertz CT molecular complexity index is 1350. The van der Waals surface area contributed by atoms with Crippen molar-refractivity contribution in [2.45, 2.75) is 6.54 Å². The number of imidazole rings is 2. The van der Waals surface area contributed by atoms with E-state index in [1.807, 2.05) is 36.4 Å². The van der Waals surface area contributed by atoms with E-state index in [0.29, 0.717) is 24.0 Å². The molecular formula is C23H23N9O. The first-order valence-corrected chi connectivity index (χ1v) is 10.9. The molecule has 3 aromatic heterocycles. The first-order valence-electron chi connectivity index (χ1n) is 10.9. The molecule has 5 aromatic rings. The summed E-state index contributed by atoms with van der Waals surface area (Å²) in [4.78, 5) is 26.9. The summed E-state index contributed by atoms with van der Waals surface area (Å²) in [7, 11) is 0. The van der Waals surface area contributed by atoms with Gasteiger partial charge in [0.05, 0.1) is 37.1 Å². The van der Waals surface area contributed by atoms with Crippen molar-refractivity contribution in [3.05, 3.63) is 60.7 Å². The number of ether oxygens (including phenoxy) is 1. The number of nitrogens with zero attached hydrogens (tertiary/aromatic N) is 5. The molecule has 33 heavy (non-hydrogen) atoms. The highest BCUT2D eigenvalue weighted by Crippen LogP contribution is 2.24. The summed E-state index contributed by atoms with van der Waals surface area (Å²) in [6.45, 7) is 3.84. The van der Waals surface area contributed by atoms with Crippen molar-refractivity contribution >= 4 is 45.3 Å². The van der Waals surface area contributed by atoms with Gasteiger partial charge in [0.25, 0.3) is 0 Å². The van der Waals surface area contributed by atoms with Crippen LogP contribution in [0.1, 0.15) is 5.82 Å². The van der Waals surface area contributed by atoms with Crippen LogP contribution in [0, 0.1) is 0 Å². The second-order valence-corrected chi connectivity index (χ2v) is 7.82. The van der Waals surface area contributed by atoms with Gasteiger partial charge in [0, 0.05) is 24.5 Å². The highest BCUT2D eigenvalue weighted by atomic mass is 16.5. The van der Waals surface area contributed by atoms with E-state index in [4.69, 9.17) is 4.74 Å². The number of benzene rings is 2. The number of hydrogen-bond donors (Lipinski definition) is 4. The number of para-hydroxylation sites is 2. The van der Waals surface area contributed by atoms with Gasteiger partial charge in [-0.2, -0.15) is 9.97 Å². The lowest BCUT2D eigenvalue weighted by Crippen LogP contribution is -2.36. The summed E-state index contributed by atoms with van der Waals surface area (Å²) in [5.41, 5.74) is 5.37. The molecule has 10 nitrogen and oxygen atoms in total. The maximum Gasteiger partial charge on any atom is 0.231 e. The van der Waals surface area contributed by atoms with Gasteiger partial charge in [-0.15, -0.1) is 0 Å². The standard InChI is InChI=1S/C23H23N9O/c1-2-4-18-17(3-1)28-19(29-18)13-24-21-20-22(26-14-25-20)31-23(30-21)27-15-5-7-16(8-6-15)32-9-11-33-12-10-32/h1-8,14H,9-13H2,(H,28,29)(H3,24,25,26,27,30,31). The molecule has 2 aromatic carbocycles. The van der Waals surface area contributed by atoms with E-state index in [1.165, 1.54) is 5.69 Å². The van der Waals surface area contributed by atoms with Crippen LogP contribution >= 0.6 is 0 Å². The molecular weight excluding hydrogens is 418 g/mol. The first kappa shape index (κ1) is 19.5. The van der Waals surface area contributed by atoms with E-state index >= 15 is 0 Å². The number of nitrogens with one attached hydrogen (secondary N) is 4. The van der Waals surface area contributed by atoms with Crippen LogP contribution in [-0.4, -0.2) is 56.2 Å². The van der Waals surface area contributed by atoms with Crippen molar-refractivity contribution in [1.82, 2.24) is 29.9 Å². The van der Waals surface area contributed by atoms with E-state index in [0.717, 1.165) is 54.4 Å². The van der Waals surface area contributed by atoms with Gasteiger partial charge < -0.3 is 30.2 Å². The number of aromatic amines is 2. The third-order valence-corrected chi connectivity index (χ3v) is 5.65. The average Bonchev–Trinajstić information content (AvgIpc) is 3.50. The lowest BCUT2D eigenvalue weighted by molar-refractivity contribution is 0.122.